The number of nitrogens with zero attached hydrogens (tertiary/aromatic N) is 1. The maximum atomic E-state index is 14.0. The van der Waals surface area contributed by atoms with Gasteiger partial charge in [-0.3, -0.25) is 0 Å². The maximum absolute atomic E-state index is 14.0. The molecule has 3 rings (SSSR count). The minimum absolute atomic E-state index is 0.106. The van der Waals surface area contributed by atoms with Gasteiger partial charge in [0, 0.05) is 16.9 Å². The van der Waals surface area contributed by atoms with Gasteiger partial charge in [-0.05, 0) is 35.6 Å². The highest BCUT2D eigenvalue weighted by Gasteiger charge is 2.56. The molecular formula is C21H25ClF3N3O2. The SMILES string of the molecule is COc1ccc(C(C)(C)CC(O)(CNC2=CC=CC3NN=CC23)C(F)(F)F)c(Cl)c1. The Kier molecular flexibility index (Phi) is 6.11. The van der Waals surface area contributed by atoms with E-state index in [0.29, 0.717) is 17.0 Å². The number of alkyl halides is 3. The number of nitrogens with one attached hydrogen (secondary N) is 2. The molecule has 0 fully saturated rings. The monoisotopic (exact) mass is 443 g/mol. The van der Waals surface area contributed by atoms with Gasteiger partial charge in [0.05, 0.1) is 25.6 Å². The number of aliphatic hydroxyl groups is 1. The number of halogens is 4. The average Bonchev–Trinajstić information content (AvgIpc) is 3.14. The van der Waals surface area contributed by atoms with Crippen LogP contribution < -0.4 is 15.5 Å². The summed E-state index contributed by atoms with van der Waals surface area (Å²) in [5.74, 6) is 0.308. The van der Waals surface area contributed by atoms with E-state index in [2.05, 4.69) is 15.8 Å². The van der Waals surface area contributed by atoms with Crippen molar-refractivity contribution in [3.8, 4) is 5.75 Å². The van der Waals surface area contributed by atoms with Crippen LogP contribution in [0.4, 0.5) is 13.2 Å². The van der Waals surface area contributed by atoms with Crippen LogP contribution in [-0.2, 0) is 5.41 Å². The zero-order valence-corrected chi connectivity index (χ0v) is 17.7. The van der Waals surface area contributed by atoms with Gasteiger partial charge < -0.3 is 20.6 Å². The standard InChI is InChI=1S/C21H25ClF3N3O2/c1-19(2,15-8-7-13(30-3)9-16(15)22)11-20(29,21(23,24)25)12-26-17-5-4-6-18-14(17)10-27-28-18/h4-10,14,18,26,28-29H,11-12H2,1-3H3. The van der Waals surface area contributed by atoms with Crippen LogP contribution >= 0.6 is 11.6 Å². The molecule has 9 heteroatoms. The summed E-state index contributed by atoms with van der Waals surface area (Å²) in [5.41, 5.74) is -0.0805. The number of benzene rings is 1. The molecule has 1 heterocycles. The van der Waals surface area contributed by atoms with Gasteiger partial charge in [0.2, 0.25) is 0 Å². The Bertz CT molecular complexity index is 883. The number of rotatable bonds is 7. The zero-order chi connectivity index (χ0) is 22.2. The van der Waals surface area contributed by atoms with Crippen molar-refractivity contribution in [3.05, 3.63) is 52.7 Å². The second kappa shape index (κ2) is 8.15. The second-order valence-corrected chi connectivity index (χ2v) is 8.66. The Labute approximate surface area is 178 Å². The lowest BCUT2D eigenvalue weighted by Gasteiger charge is -2.39. The summed E-state index contributed by atoms with van der Waals surface area (Å²) in [6.45, 7) is 2.57. The molecule has 0 aromatic heterocycles. The lowest BCUT2D eigenvalue weighted by atomic mass is 9.74. The third-order valence-corrected chi connectivity index (χ3v) is 5.86. The summed E-state index contributed by atoms with van der Waals surface area (Å²) in [4.78, 5) is 0. The summed E-state index contributed by atoms with van der Waals surface area (Å²) < 4.78 is 47.0. The lowest BCUT2D eigenvalue weighted by Crippen LogP contribution is -2.55. The van der Waals surface area contributed by atoms with Gasteiger partial charge in [-0.1, -0.05) is 43.7 Å². The molecule has 0 saturated carbocycles. The Morgan fingerprint density at radius 1 is 1.30 bits per heavy atom. The first-order valence-electron chi connectivity index (χ1n) is 9.51. The van der Waals surface area contributed by atoms with Crippen LogP contribution in [0.2, 0.25) is 5.02 Å². The highest BCUT2D eigenvalue weighted by Crippen LogP contribution is 2.43. The summed E-state index contributed by atoms with van der Waals surface area (Å²) in [5, 5.41) is 17.8. The van der Waals surface area contributed by atoms with Gasteiger partial charge in [0.25, 0.3) is 0 Å². The fourth-order valence-electron chi connectivity index (χ4n) is 3.89. The van der Waals surface area contributed by atoms with Crippen LogP contribution in [0.15, 0.2) is 47.2 Å². The molecule has 0 saturated heterocycles. The van der Waals surface area contributed by atoms with Gasteiger partial charge in [-0.15, -0.1) is 0 Å². The van der Waals surface area contributed by atoms with Gasteiger partial charge >= 0.3 is 6.18 Å². The van der Waals surface area contributed by atoms with E-state index in [9.17, 15) is 18.3 Å². The highest BCUT2D eigenvalue weighted by atomic mass is 35.5. The molecule has 0 amide bonds. The molecule has 0 bridgehead atoms. The molecule has 30 heavy (non-hydrogen) atoms. The van der Waals surface area contributed by atoms with Crippen molar-refractivity contribution in [1.82, 2.24) is 10.7 Å². The number of hydrogen-bond acceptors (Lipinski definition) is 5. The molecule has 3 N–H and O–H groups in total. The average molecular weight is 444 g/mol. The minimum atomic E-state index is -4.84. The lowest BCUT2D eigenvalue weighted by molar-refractivity contribution is -0.264. The van der Waals surface area contributed by atoms with Crippen LogP contribution in [0.3, 0.4) is 0 Å². The number of ether oxygens (including phenoxy) is 1. The van der Waals surface area contributed by atoms with E-state index in [1.807, 2.05) is 6.08 Å². The van der Waals surface area contributed by atoms with E-state index >= 15 is 0 Å². The Balaban J connectivity index is 1.82. The van der Waals surface area contributed by atoms with Crippen LogP contribution in [-0.4, -0.2) is 42.8 Å². The smallest absolute Gasteiger partial charge is 0.418 e. The maximum Gasteiger partial charge on any atom is 0.418 e. The van der Waals surface area contributed by atoms with E-state index in [4.69, 9.17) is 16.3 Å². The topological polar surface area (TPSA) is 65.9 Å². The van der Waals surface area contributed by atoms with Crippen LogP contribution in [0.25, 0.3) is 0 Å². The molecule has 1 aliphatic carbocycles. The van der Waals surface area contributed by atoms with Gasteiger partial charge in [0.15, 0.2) is 5.60 Å². The van der Waals surface area contributed by atoms with Crippen LogP contribution in [0, 0.1) is 5.92 Å². The fraction of sp³-hybridized carbons (Fsp3) is 0.476. The van der Waals surface area contributed by atoms with Gasteiger partial charge in [-0.25, -0.2) is 0 Å². The third-order valence-electron chi connectivity index (χ3n) is 5.55. The van der Waals surface area contributed by atoms with Crippen molar-refractivity contribution in [2.24, 2.45) is 11.0 Å². The largest absolute Gasteiger partial charge is 0.497 e. The Morgan fingerprint density at radius 3 is 2.67 bits per heavy atom. The predicted octanol–water partition coefficient (Wildman–Crippen LogP) is 3.93. The number of hydrazone groups is 1. The Hall–Kier alpha value is -2.19. The van der Waals surface area contributed by atoms with Crippen molar-refractivity contribution < 1.29 is 23.0 Å². The molecule has 1 aliphatic heterocycles. The van der Waals surface area contributed by atoms with Gasteiger partial charge in [0.1, 0.15) is 5.75 Å². The summed E-state index contributed by atoms with van der Waals surface area (Å²) in [6.07, 6.45) is 1.55. The first kappa shape index (κ1) is 22.5. The van der Waals surface area contributed by atoms with Crippen LogP contribution in [0.1, 0.15) is 25.8 Å². The molecule has 0 radical (unpaired) electrons. The quantitative estimate of drug-likeness (QED) is 0.597. The molecule has 0 spiro atoms. The van der Waals surface area contributed by atoms with Crippen molar-refractivity contribution in [3.63, 3.8) is 0 Å². The Morgan fingerprint density at radius 2 is 2.03 bits per heavy atom. The van der Waals surface area contributed by atoms with Crippen molar-refractivity contribution in [2.45, 2.75) is 43.5 Å². The zero-order valence-electron chi connectivity index (χ0n) is 16.9. The second-order valence-electron chi connectivity index (χ2n) is 8.26. The fourth-order valence-corrected chi connectivity index (χ4v) is 4.32. The normalized spacial score (nSPS) is 22.7. The number of methoxy groups -OCH3 is 1. The summed E-state index contributed by atoms with van der Waals surface area (Å²) in [7, 11) is 1.48. The first-order valence-corrected chi connectivity index (χ1v) is 9.89. The molecule has 164 valence electrons. The molecule has 5 nitrogen and oxygen atoms in total. The van der Waals surface area contributed by atoms with E-state index in [1.165, 1.54) is 7.11 Å². The minimum Gasteiger partial charge on any atom is -0.497 e. The van der Waals surface area contributed by atoms with Gasteiger partial charge in [-0.2, -0.15) is 18.3 Å². The van der Waals surface area contributed by atoms with E-state index < -0.39 is 30.2 Å². The van der Waals surface area contributed by atoms with Crippen molar-refractivity contribution in [2.75, 3.05) is 13.7 Å². The third kappa shape index (κ3) is 4.44. The summed E-state index contributed by atoms with van der Waals surface area (Å²) >= 11 is 6.30. The first-order chi connectivity index (χ1) is 14.0. The molecule has 1 aromatic carbocycles. The van der Waals surface area contributed by atoms with Crippen molar-refractivity contribution in [1.29, 1.82) is 0 Å². The summed E-state index contributed by atoms with van der Waals surface area (Å²) in [6, 6.07) is 4.71. The molecule has 1 aromatic rings. The molecule has 2 aliphatic rings. The number of fused-ring (bicyclic) bond motifs is 1. The van der Waals surface area contributed by atoms with Crippen molar-refractivity contribution >= 4 is 17.8 Å². The number of allylic oxidation sites excluding steroid dienone is 2. The predicted molar refractivity (Wildman–Crippen MR) is 111 cm³/mol. The number of hydrogen-bond donors (Lipinski definition) is 3. The van der Waals surface area contributed by atoms with E-state index in [0.717, 1.165) is 0 Å². The molecule has 3 unspecified atom stereocenters. The highest BCUT2D eigenvalue weighted by molar-refractivity contribution is 6.31. The van der Waals surface area contributed by atoms with E-state index in [1.54, 1.807) is 50.4 Å². The van der Waals surface area contributed by atoms with E-state index in [-0.39, 0.29) is 17.0 Å². The van der Waals surface area contributed by atoms with Crippen LogP contribution in [0.5, 0.6) is 5.75 Å². The molecule has 3 atom stereocenters. The molecular weight excluding hydrogens is 419 g/mol.